The molecule has 1 aromatic heterocycles. The zero-order valence-corrected chi connectivity index (χ0v) is 19.2. The normalized spacial score (nSPS) is 10.6. The van der Waals surface area contributed by atoms with E-state index in [1.165, 1.54) is 26.0 Å². The van der Waals surface area contributed by atoms with E-state index < -0.39 is 0 Å². The molecule has 0 unspecified atom stereocenters. The third kappa shape index (κ3) is 5.05. The van der Waals surface area contributed by atoms with E-state index in [9.17, 15) is 4.79 Å². The van der Waals surface area contributed by atoms with E-state index in [2.05, 4.69) is 15.5 Å². The van der Waals surface area contributed by atoms with E-state index in [1.807, 2.05) is 35.8 Å². The van der Waals surface area contributed by atoms with Crippen molar-refractivity contribution in [3.8, 4) is 28.6 Å². The van der Waals surface area contributed by atoms with Crippen molar-refractivity contribution in [1.82, 2.24) is 14.8 Å². The van der Waals surface area contributed by atoms with Crippen LogP contribution >= 0.6 is 23.4 Å². The molecule has 0 atom stereocenters. The summed E-state index contributed by atoms with van der Waals surface area (Å²) in [6, 6.07) is 10.8. The number of nitrogens with zero attached hydrogens (tertiary/aromatic N) is 3. The number of rotatable bonds is 9. The maximum absolute atomic E-state index is 12.6. The second kappa shape index (κ2) is 10.4. The summed E-state index contributed by atoms with van der Waals surface area (Å²) in [4.78, 5) is 12.6. The quantitative estimate of drug-likeness (QED) is 0.472. The minimum Gasteiger partial charge on any atom is -0.496 e. The Hall–Kier alpha value is -2.91. The van der Waals surface area contributed by atoms with E-state index in [-0.39, 0.29) is 11.7 Å². The van der Waals surface area contributed by atoms with Gasteiger partial charge in [-0.2, -0.15) is 0 Å². The molecule has 8 nitrogen and oxygen atoms in total. The highest BCUT2D eigenvalue weighted by Crippen LogP contribution is 2.36. The minimum absolute atomic E-state index is 0.136. The third-order valence-corrected chi connectivity index (χ3v) is 5.72. The molecule has 0 saturated carbocycles. The summed E-state index contributed by atoms with van der Waals surface area (Å²) in [5.41, 5.74) is 1.30. The first-order valence-electron chi connectivity index (χ1n) is 9.43. The molecule has 0 aliphatic carbocycles. The van der Waals surface area contributed by atoms with Crippen LogP contribution in [0.1, 0.15) is 6.92 Å². The average Bonchev–Trinajstić information content (AvgIpc) is 3.20. The van der Waals surface area contributed by atoms with Gasteiger partial charge in [0.25, 0.3) is 0 Å². The van der Waals surface area contributed by atoms with Crippen molar-refractivity contribution in [3.63, 3.8) is 0 Å². The number of nitrogens with one attached hydrogen (secondary N) is 1. The molecule has 1 N–H and O–H groups in total. The zero-order chi connectivity index (χ0) is 22.4. The van der Waals surface area contributed by atoms with Gasteiger partial charge < -0.3 is 24.1 Å². The predicted molar refractivity (Wildman–Crippen MR) is 122 cm³/mol. The summed E-state index contributed by atoms with van der Waals surface area (Å²) < 4.78 is 17.9. The number of thioether (sulfide) groups is 1. The first-order valence-corrected chi connectivity index (χ1v) is 10.8. The third-order valence-electron chi connectivity index (χ3n) is 4.46. The zero-order valence-electron chi connectivity index (χ0n) is 17.6. The Morgan fingerprint density at radius 3 is 2.45 bits per heavy atom. The molecule has 0 bridgehead atoms. The van der Waals surface area contributed by atoms with Gasteiger partial charge in [0.05, 0.1) is 43.4 Å². The standard InChI is InChI=1S/C21H23ClN4O4S/c1-5-26-20(13-8-6-7-9-16(13)28-2)24-25-21(26)31-12-19(27)23-15-10-14(22)17(29-3)11-18(15)30-4/h6-11H,5,12H2,1-4H3,(H,23,27). The fraction of sp³-hybridized carbons (Fsp3) is 0.286. The molecule has 0 spiro atoms. The van der Waals surface area contributed by atoms with Crippen molar-refractivity contribution in [3.05, 3.63) is 41.4 Å². The molecular weight excluding hydrogens is 440 g/mol. The highest BCUT2D eigenvalue weighted by atomic mass is 35.5. The monoisotopic (exact) mass is 462 g/mol. The van der Waals surface area contributed by atoms with E-state index in [0.29, 0.717) is 45.5 Å². The SMILES string of the molecule is CCn1c(SCC(=O)Nc2cc(Cl)c(OC)cc2OC)nnc1-c1ccccc1OC. The lowest BCUT2D eigenvalue weighted by molar-refractivity contribution is -0.113. The molecule has 31 heavy (non-hydrogen) atoms. The first-order chi connectivity index (χ1) is 15.0. The number of methoxy groups -OCH3 is 3. The Bertz CT molecular complexity index is 1070. The van der Waals surface area contributed by atoms with Crippen molar-refractivity contribution < 1.29 is 19.0 Å². The molecule has 0 radical (unpaired) electrons. The van der Waals surface area contributed by atoms with E-state index in [0.717, 1.165) is 5.56 Å². The summed E-state index contributed by atoms with van der Waals surface area (Å²) >= 11 is 7.46. The number of hydrogen-bond acceptors (Lipinski definition) is 7. The van der Waals surface area contributed by atoms with Gasteiger partial charge in [-0.15, -0.1) is 10.2 Å². The van der Waals surface area contributed by atoms with Crippen LogP contribution < -0.4 is 19.5 Å². The molecule has 0 aliphatic heterocycles. The average molecular weight is 463 g/mol. The molecule has 1 heterocycles. The second-order valence-electron chi connectivity index (χ2n) is 6.27. The first kappa shape index (κ1) is 22.8. The Labute approximate surface area is 189 Å². The van der Waals surface area contributed by atoms with Gasteiger partial charge in [-0.3, -0.25) is 4.79 Å². The van der Waals surface area contributed by atoms with Crippen LogP contribution in [-0.4, -0.2) is 47.8 Å². The lowest BCUT2D eigenvalue weighted by atomic mass is 10.2. The smallest absolute Gasteiger partial charge is 0.234 e. The minimum atomic E-state index is -0.228. The van der Waals surface area contributed by atoms with Crippen molar-refractivity contribution in [1.29, 1.82) is 0 Å². The van der Waals surface area contributed by atoms with Gasteiger partial charge in [0.1, 0.15) is 17.2 Å². The number of anilines is 1. The summed E-state index contributed by atoms with van der Waals surface area (Å²) in [6.45, 7) is 2.64. The Morgan fingerprint density at radius 2 is 1.77 bits per heavy atom. The number of halogens is 1. The number of benzene rings is 2. The predicted octanol–water partition coefficient (Wildman–Crippen LogP) is 4.38. The van der Waals surface area contributed by atoms with Crippen LogP contribution in [0.3, 0.4) is 0 Å². The van der Waals surface area contributed by atoms with Gasteiger partial charge in [0, 0.05) is 12.6 Å². The molecule has 2 aromatic carbocycles. The van der Waals surface area contributed by atoms with Crippen LogP contribution in [0.15, 0.2) is 41.6 Å². The highest BCUT2D eigenvalue weighted by Gasteiger charge is 2.18. The number of aromatic nitrogens is 3. The Kier molecular flexibility index (Phi) is 7.64. The molecule has 1 amide bonds. The van der Waals surface area contributed by atoms with Gasteiger partial charge in [0.15, 0.2) is 11.0 Å². The van der Waals surface area contributed by atoms with E-state index in [4.69, 9.17) is 25.8 Å². The lowest BCUT2D eigenvalue weighted by Gasteiger charge is -2.13. The van der Waals surface area contributed by atoms with Gasteiger partial charge in [-0.1, -0.05) is 35.5 Å². The highest BCUT2D eigenvalue weighted by molar-refractivity contribution is 7.99. The summed E-state index contributed by atoms with van der Waals surface area (Å²) in [6.07, 6.45) is 0. The summed E-state index contributed by atoms with van der Waals surface area (Å²) in [5, 5.41) is 12.4. The molecule has 0 fully saturated rings. The summed E-state index contributed by atoms with van der Waals surface area (Å²) in [5.74, 6) is 2.22. The molecule has 0 aliphatic rings. The van der Waals surface area contributed by atoms with E-state index in [1.54, 1.807) is 19.2 Å². The van der Waals surface area contributed by atoms with Crippen LogP contribution in [-0.2, 0) is 11.3 Å². The Morgan fingerprint density at radius 1 is 1.06 bits per heavy atom. The van der Waals surface area contributed by atoms with Crippen LogP contribution in [0.25, 0.3) is 11.4 Å². The molecule has 10 heteroatoms. The maximum atomic E-state index is 12.6. The number of amides is 1. The fourth-order valence-electron chi connectivity index (χ4n) is 2.98. The van der Waals surface area contributed by atoms with Crippen molar-refractivity contribution in [2.24, 2.45) is 0 Å². The topological polar surface area (TPSA) is 87.5 Å². The number of carbonyl (C=O) groups excluding carboxylic acids is 1. The lowest BCUT2D eigenvalue weighted by Crippen LogP contribution is -2.15. The van der Waals surface area contributed by atoms with Gasteiger partial charge in [-0.25, -0.2) is 0 Å². The molecular formula is C21H23ClN4O4S. The fourth-order valence-corrected chi connectivity index (χ4v) is 4.03. The number of carbonyl (C=O) groups is 1. The van der Waals surface area contributed by atoms with Gasteiger partial charge in [-0.05, 0) is 25.1 Å². The number of para-hydroxylation sites is 1. The van der Waals surface area contributed by atoms with Crippen LogP contribution in [0.2, 0.25) is 5.02 Å². The van der Waals surface area contributed by atoms with Crippen LogP contribution in [0, 0.1) is 0 Å². The van der Waals surface area contributed by atoms with Crippen LogP contribution in [0.5, 0.6) is 17.2 Å². The maximum Gasteiger partial charge on any atom is 0.234 e. The van der Waals surface area contributed by atoms with Crippen molar-refractivity contribution in [2.75, 3.05) is 32.4 Å². The molecule has 0 saturated heterocycles. The molecule has 164 valence electrons. The Balaban J connectivity index is 1.74. The number of hydrogen-bond donors (Lipinski definition) is 1. The van der Waals surface area contributed by atoms with Crippen molar-refractivity contribution >= 4 is 35.0 Å². The second-order valence-corrected chi connectivity index (χ2v) is 7.62. The van der Waals surface area contributed by atoms with Gasteiger partial charge >= 0.3 is 0 Å². The largest absolute Gasteiger partial charge is 0.496 e. The van der Waals surface area contributed by atoms with Gasteiger partial charge in [0.2, 0.25) is 5.91 Å². The summed E-state index contributed by atoms with van der Waals surface area (Å²) in [7, 11) is 4.64. The molecule has 3 aromatic rings. The van der Waals surface area contributed by atoms with Crippen molar-refractivity contribution in [2.45, 2.75) is 18.6 Å². The van der Waals surface area contributed by atoms with E-state index >= 15 is 0 Å². The number of ether oxygens (including phenoxy) is 3. The molecule has 3 rings (SSSR count). The van der Waals surface area contributed by atoms with Crippen LogP contribution in [0.4, 0.5) is 5.69 Å².